The highest BCUT2D eigenvalue weighted by atomic mass is 15.0. The summed E-state index contributed by atoms with van der Waals surface area (Å²) in [5.41, 5.74) is 0. The Morgan fingerprint density at radius 3 is 2.61 bits per heavy atom. The van der Waals surface area contributed by atoms with Crippen LogP contribution in [0.25, 0.3) is 0 Å². The smallest absolute Gasteiger partial charge is 0.0135 e. The van der Waals surface area contributed by atoms with Gasteiger partial charge in [0.05, 0.1) is 0 Å². The largest absolute Gasteiger partial charge is 0.316 e. The van der Waals surface area contributed by atoms with Gasteiger partial charge < -0.3 is 10.6 Å². The van der Waals surface area contributed by atoms with Crippen LogP contribution in [0.3, 0.4) is 0 Å². The highest BCUT2D eigenvalue weighted by Crippen LogP contribution is 2.65. The molecule has 3 saturated carbocycles. The van der Waals surface area contributed by atoms with Crippen molar-refractivity contribution in [3.05, 3.63) is 0 Å². The Morgan fingerprint density at radius 1 is 1.06 bits per heavy atom. The van der Waals surface area contributed by atoms with Crippen LogP contribution in [0.15, 0.2) is 0 Å². The second-order valence-electron chi connectivity index (χ2n) is 7.32. The summed E-state index contributed by atoms with van der Waals surface area (Å²) < 4.78 is 0. The van der Waals surface area contributed by atoms with E-state index in [1.165, 1.54) is 45.3 Å². The SMILES string of the molecule is C1CNCC(CCCNC2C3C4CCC(C4)C23)C1. The molecule has 0 spiro atoms. The molecule has 3 aliphatic carbocycles. The topological polar surface area (TPSA) is 24.1 Å². The minimum atomic E-state index is 0.945. The van der Waals surface area contributed by atoms with E-state index in [1.807, 2.05) is 0 Å². The van der Waals surface area contributed by atoms with Gasteiger partial charge in [0.2, 0.25) is 0 Å². The summed E-state index contributed by atoms with van der Waals surface area (Å²) in [6.07, 6.45) is 10.4. The Labute approximate surface area is 111 Å². The van der Waals surface area contributed by atoms with Gasteiger partial charge in [0.1, 0.15) is 0 Å². The van der Waals surface area contributed by atoms with Gasteiger partial charge >= 0.3 is 0 Å². The minimum absolute atomic E-state index is 0.945. The lowest BCUT2D eigenvalue weighted by Gasteiger charge is -2.22. The number of rotatable bonds is 5. The van der Waals surface area contributed by atoms with Gasteiger partial charge in [-0.15, -0.1) is 0 Å². The first-order chi connectivity index (χ1) is 8.93. The maximum Gasteiger partial charge on any atom is 0.0135 e. The lowest BCUT2D eigenvalue weighted by Crippen LogP contribution is -2.30. The van der Waals surface area contributed by atoms with Gasteiger partial charge in [-0.3, -0.25) is 0 Å². The lowest BCUT2D eigenvalue weighted by molar-refractivity contribution is 0.345. The van der Waals surface area contributed by atoms with E-state index in [0.717, 1.165) is 35.6 Å². The van der Waals surface area contributed by atoms with Crippen molar-refractivity contribution >= 4 is 0 Å². The molecule has 4 fully saturated rings. The maximum absolute atomic E-state index is 3.88. The summed E-state index contributed by atoms with van der Waals surface area (Å²) in [6.45, 7) is 3.81. The van der Waals surface area contributed by atoms with Crippen LogP contribution in [0.2, 0.25) is 0 Å². The van der Waals surface area contributed by atoms with Gasteiger partial charge in [0, 0.05) is 6.04 Å². The van der Waals surface area contributed by atoms with E-state index >= 15 is 0 Å². The summed E-state index contributed by atoms with van der Waals surface area (Å²) in [5, 5.41) is 7.41. The van der Waals surface area contributed by atoms with Crippen LogP contribution in [0, 0.1) is 29.6 Å². The highest BCUT2D eigenvalue weighted by Gasteiger charge is 2.64. The molecular weight excluding hydrogens is 220 g/mol. The highest BCUT2D eigenvalue weighted by molar-refractivity contribution is 5.16. The molecule has 1 saturated heterocycles. The van der Waals surface area contributed by atoms with Gasteiger partial charge in [0.15, 0.2) is 0 Å². The fourth-order valence-electron chi connectivity index (χ4n) is 5.43. The molecule has 0 amide bonds. The molecule has 4 rings (SSSR count). The molecule has 2 heteroatoms. The second kappa shape index (κ2) is 4.79. The van der Waals surface area contributed by atoms with Crippen LogP contribution in [-0.4, -0.2) is 25.7 Å². The third-order valence-electron chi connectivity index (χ3n) is 6.30. The Kier molecular flexibility index (Phi) is 3.12. The molecule has 102 valence electrons. The first-order valence-electron chi connectivity index (χ1n) is 8.37. The van der Waals surface area contributed by atoms with Crippen molar-refractivity contribution in [1.29, 1.82) is 0 Å². The van der Waals surface area contributed by atoms with Gasteiger partial charge in [-0.05, 0) is 94.2 Å². The van der Waals surface area contributed by atoms with Crippen LogP contribution in [0.4, 0.5) is 0 Å². The van der Waals surface area contributed by atoms with E-state index in [2.05, 4.69) is 10.6 Å². The lowest BCUT2D eigenvalue weighted by atomic mass is 9.95. The zero-order chi connectivity index (χ0) is 11.9. The van der Waals surface area contributed by atoms with Crippen LogP contribution in [0.5, 0.6) is 0 Å². The molecule has 18 heavy (non-hydrogen) atoms. The molecule has 0 aromatic carbocycles. The predicted molar refractivity (Wildman–Crippen MR) is 74.4 cm³/mol. The monoisotopic (exact) mass is 248 g/mol. The second-order valence-corrected chi connectivity index (χ2v) is 7.32. The van der Waals surface area contributed by atoms with Crippen molar-refractivity contribution in [3.8, 4) is 0 Å². The van der Waals surface area contributed by atoms with Crippen LogP contribution >= 0.6 is 0 Å². The molecule has 1 aliphatic heterocycles. The van der Waals surface area contributed by atoms with E-state index in [0.29, 0.717) is 0 Å². The number of hydrogen-bond acceptors (Lipinski definition) is 2. The molecule has 0 aromatic rings. The maximum atomic E-state index is 3.88. The Balaban J connectivity index is 1.14. The zero-order valence-corrected chi connectivity index (χ0v) is 11.5. The van der Waals surface area contributed by atoms with Crippen LogP contribution < -0.4 is 10.6 Å². The molecule has 4 aliphatic rings. The van der Waals surface area contributed by atoms with Crippen LogP contribution in [-0.2, 0) is 0 Å². The average Bonchev–Trinajstić information content (AvgIpc) is 2.81. The van der Waals surface area contributed by atoms with Crippen molar-refractivity contribution in [1.82, 2.24) is 10.6 Å². The van der Waals surface area contributed by atoms with Gasteiger partial charge in [-0.1, -0.05) is 0 Å². The van der Waals surface area contributed by atoms with Gasteiger partial charge in [-0.2, -0.15) is 0 Å². The summed E-state index contributed by atoms with van der Waals surface area (Å²) >= 11 is 0. The Hall–Kier alpha value is -0.0800. The fraction of sp³-hybridized carbons (Fsp3) is 1.00. The van der Waals surface area contributed by atoms with E-state index in [4.69, 9.17) is 0 Å². The van der Waals surface area contributed by atoms with Crippen molar-refractivity contribution in [2.24, 2.45) is 29.6 Å². The van der Waals surface area contributed by atoms with E-state index in [1.54, 1.807) is 19.3 Å². The third-order valence-corrected chi connectivity index (χ3v) is 6.30. The molecule has 5 unspecified atom stereocenters. The van der Waals surface area contributed by atoms with Gasteiger partial charge in [-0.25, -0.2) is 0 Å². The van der Waals surface area contributed by atoms with E-state index < -0.39 is 0 Å². The summed E-state index contributed by atoms with van der Waals surface area (Å²) in [5.74, 6) is 5.44. The van der Waals surface area contributed by atoms with E-state index in [9.17, 15) is 0 Å². The predicted octanol–water partition coefficient (Wildman–Crippen LogP) is 2.40. The molecule has 2 N–H and O–H groups in total. The summed E-state index contributed by atoms with van der Waals surface area (Å²) in [7, 11) is 0. The number of piperidine rings is 1. The summed E-state index contributed by atoms with van der Waals surface area (Å²) in [4.78, 5) is 0. The third kappa shape index (κ3) is 2.02. The van der Waals surface area contributed by atoms with E-state index in [-0.39, 0.29) is 0 Å². The van der Waals surface area contributed by atoms with Gasteiger partial charge in [0.25, 0.3) is 0 Å². The molecule has 0 aromatic heterocycles. The fourth-order valence-corrected chi connectivity index (χ4v) is 5.43. The number of hydrogen-bond donors (Lipinski definition) is 2. The number of fused-ring (bicyclic) bond motifs is 5. The van der Waals surface area contributed by atoms with Crippen LogP contribution in [0.1, 0.15) is 44.9 Å². The van der Waals surface area contributed by atoms with Crippen molar-refractivity contribution in [3.63, 3.8) is 0 Å². The first-order valence-corrected chi connectivity index (χ1v) is 8.37. The molecular formula is C16H28N2. The zero-order valence-electron chi connectivity index (χ0n) is 11.5. The first kappa shape index (κ1) is 11.7. The van der Waals surface area contributed by atoms with Crippen molar-refractivity contribution < 1.29 is 0 Å². The van der Waals surface area contributed by atoms with Crippen molar-refractivity contribution in [2.45, 2.75) is 51.0 Å². The quantitative estimate of drug-likeness (QED) is 0.730. The minimum Gasteiger partial charge on any atom is -0.316 e. The molecule has 1 heterocycles. The molecule has 2 bridgehead atoms. The Bertz CT molecular complexity index is 281. The normalized spacial score (nSPS) is 49.3. The van der Waals surface area contributed by atoms with Crippen molar-refractivity contribution in [2.75, 3.05) is 19.6 Å². The molecule has 2 nitrogen and oxygen atoms in total. The molecule has 0 radical (unpaired) electrons. The molecule has 5 atom stereocenters. The Morgan fingerprint density at radius 2 is 1.89 bits per heavy atom. The summed E-state index contributed by atoms with van der Waals surface area (Å²) in [6, 6.07) is 0.945. The standard InChI is InChI=1S/C16H28N2/c1-3-11(10-17-7-1)4-2-8-18-16-14-12-5-6-13(9-12)15(14)16/h11-18H,1-10H2. The average molecular weight is 248 g/mol. The number of nitrogens with one attached hydrogen (secondary N) is 2.